The summed E-state index contributed by atoms with van der Waals surface area (Å²) in [5.41, 5.74) is -1.14. The molecule has 3 aromatic rings. The van der Waals surface area contributed by atoms with E-state index in [1.54, 1.807) is 24.3 Å². The maximum atomic E-state index is 13.6. The minimum atomic E-state index is -4.79. The highest BCUT2D eigenvalue weighted by Gasteiger charge is 2.34. The molecule has 1 aromatic heterocycles. The molecule has 0 bridgehead atoms. The third-order valence-corrected chi connectivity index (χ3v) is 4.56. The summed E-state index contributed by atoms with van der Waals surface area (Å²) in [6, 6.07) is 10.8. The molecule has 2 N–H and O–H groups in total. The fraction of sp³-hybridized carbons (Fsp3) is 0.120. The van der Waals surface area contributed by atoms with E-state index in [4.69, 9.17) is 13.9 Å². The summed E-state index contributed by atoms with van der Waals surface area (Å²) in [7, 11) is 1.45. The molecular weight excluding hydrogens is 465 g/mol. The number of ether oxygens (including phenoxy) is 2. The van der Waals surface area contributed by atoms with Crippen molar-refractivity contribution < 1.29 is 36.7 Å². The molecule has 182 valence electrons. The van der Waals surface area contributed by atoms with E-state index in [9.17, 15) is 22.8 Å². The molecule has 2 aromatic carbocycles. The molecule has 0 spiro atoms. The van der Waals surface area contributed by atoms with Gasteiger partial charge in [0.2, 0.25) is 5.91 Å². The van der Waals surface area contributed by atoms with Crippen LogP contribution in [0.25, 0.3) is 6.08 Å². The summed E-state index contributed by atoms with van der Waals surface area (Å²) in [6.07, 6.45) is 0.564. The minimum Gasteiger partial charge on any atom is -0.493 e. The Balaban J connectivity index is 1.75. The van der Waals surface area contributed by atoms with E-state index in [0.717, 1.165) is 18.2 Å². The second kappa shape index (κ2) is 11.1. The summed E-state index contributed by atoms with van der Waals surface area (Å²) in [4.78, 5) is 24.4. The van der Waals surface area contributed by atoms with Crippen molar-refractivity contribution in [3.8, 4) is 11.5 Å². The van der Waals surface area contributed by atoms with E-state index in [0.29, 0.717) is 17.1 Å². The monoisotopic (exact) mass is 486 g/mol. The van der Waals surface area contributed by atoms with Gasteiger partial charge in [0.25, 0.3) is 5.91 Å². The lowest BCUT2D eigenvalue weighted by molar-refractivity contribution is -0.136. The molecule has 10 heteroatoms. The van der Waals surface area contributed by atoms with Gasteiger partial charge in [-0.05, 0) is 54.1 Å². The predicted molar refractivity (Wildman–Crippen MR) is 124 cm³/mol. The van der Waals surface area contributed by atoms with Crippen molar-refractivity contribution in [2.45, 2.75) is 6.18 Å². The Bertz CT molecular complexity index is 1230. The van der Waals surface area contributed by atoms with Crippen molar-refractivity contribution in [1.82, 2.24) is 0 Å². The predicted octanol–water partition coefficient (Wildman–Crippen LogP) is 5.78. The molecule has 7 nitrogen and oxygen atoms in total. The topological polar surface area (TPSA) is 89.8 Å². The molecule has 0 saturated carbocycles. The number of anilines is 2. The number of amides is 2. The summed E-state index contributed by atoms with van der Waals surface area (Å²) < 4.78 is 56.5. The summed E-state index contributed by atoms with van der Waals surface area (Å²) in [5, 5.41) is 4.54. The fourth-order valence-corrected chi connectivity index (χ4v) is 2.97. The molecule has 0 aliphatic rings. The Morgan fingerprint density at radius 1 is 1.09 bits per heavy atom. The van der Waals surface area contributed by atoms with E-state index in [1.165, 1.54) is 37.6 Å². The van der Waals surface area contributed by atoms with Crippen LogP contribution in [0.1, 0.15) is 21.7 Å². The van der Waals surface area contributed by atoms with E-state index >= 15 is 0 Å². The Morgan fingerprint density at radius 2 is 1.89 bits per heavy atom. The average molecular weight is 486 g/mol. The number of benzene rings is 2. The summed E-state index contributed by atoms with van der Waals surface area (Å²) >= 11 is 0. The molecular formula is C25H21F3N2O5. The first-order valence-corrected chi connectivity index (χ1v) is 10.2. The molecule has 0 aliphatic carbocycles. The zero-order valence-corrected chi connectivity index (χ0v) is 18.5. The van der Waals surface area contributed by atoms with Gasteiger partial charge in [-0.3, -0.25) is 9.59 Å². The van der Waals surface area contributed by atoms with Crippen LogP contribution in [0.15, 0.2) is 77.9 Å². The van der Waals surface area contributed by atoms with Crippen LogP contribution >= 0.6 is 0 Å². The van der Waals surface area contributed by atoms with Gasteiger partial charge < -0.3 is 24.5 Å². The Hall–Kier alpha value is -4.47. The van der Waals surface area contributed by atoms with Crippen LogP contribution in [0.5, 0.6) is 11.5 Å². The maximum absolute atomic E-state index is 13.6. The highest BCUT2D eigenvalue weighted by Crippen LogP contribution is 2.37. The zero-order valence-electron chi connectivity index (χ0n) is 18.5. The zero-order chi connectivity index (χ0) is 25.4. The first kappa shape index (κ1) is 25.2. The lowest BCUT2D eigenvalue weighted by atomic mass is 10.1. The van der Waals surface area contributed by atoms with Gasteiger partial charge in [0.05, 0.1) is 24.6 Å². The number of methoxy groups -OCH3 is 1. The maximum Gasteiger partial charge on any atom is 0.418 e. The SMILES string of the molecule is C=CCOc1ccc(/C=C/C(=O)Nc2ccc(NC(=O)c3ccco3)cc2C(F)(F)F)cc1OC. The second-order valence-electron chi connectivity index (χ2n) is 7.02. The smallest absolute Gasteiger partial charge is 0.418 e. The molecule has 0 unspecified atom stereocenters. The van der Waals surface area contributed by atoms with E-state index in [-0.39, 0.29) is 18.1 Å². The highest BCUT2D eigenvalue weighted by molar-refractivity contribution is 6.04. The molecule has 35 heavy (non-hydrogen) atoms. The van der Waals surface area contributed by atoms with E-state index in [2.05, 4.69) is 17.2 Å². The number of carbonyl (C=O) groups is 2. The number of hydrogen-bond donors (Lipinski definition) is 2. The standard InChI is InChI=1S/C25H21F3N2O5/c1-3-12-34-20-10-6-16(14-22(20)33-2)7-11-23(31)30-19-9-8-17(15-18(19)25(26,27)28)29-24(32)21-5-4-13-35-21/h3-11,13-15H,1,12H2,2H3,(H,29,32)(H,30,31)/b11-7+. The van der Waals surface area contributed by atoms with Crippen LogP contribution in [0, 0.1) is 0 Å². The number of nitrogens with one attached hydrogen (secondary N) is 2. The van der Waals surface area contributed by atoms with Crippen LogP contribution in [-0.2, 0) is 11.0 Å². The number of carbonyl (C=O) groups excluding carboxylic acids is 2. The van der Waals surface area contributed by atoms with Gasteiger partial charge in [0.15, 0.2) is 17.3 Å². The largest absolute Gasteiger partial charge is 0.493 e. The minimum absolute atomic E-state index is 0.0574. The first-order valence-electron chi connectivity index (χ1n) is 10.2. The fourth-order valence-electron chi connectivity index (χ4n) is 2.97. The summed E-state index contributed by atoms with van der Waals surface area (Å²) in [5.74, 6) is -0.657. The van der Waals surface area contributed by atoms with Crippen molar-refractivity contribution in [3.05, 3.63) is 90.4 Å². The third kappa shape index (κ3) is 6.76. The molecule has 2 amide bonds. The van der Waals surface area contributed by atoms with E-state index in [1.807, 2.05) is 0 Å². The third-order valence-electron chi connectivity index (χ3n) is 4.56. The molecule has 1 heterocycles. The normalized spacial score (nSPS) is 11.2. The molecule has 0 aliphatic heterocycles. The van der Waals surface area contributed by atoms with Gasteiger partial charge >= 0.3 is 6.18 Å². The second-order valence-corrected chi connectivity index (χ2v) is 7.02. The summed E-state index contributed by atoms with van der Waals surface area (Å²) in [6.45, 7) is 3.85. The molecule has 0 atom stereocenters. The average Bonchev–Trinajstić information content (AvgIpc) is 3.37. The van der Waals surface area contributed by atoms with Gasteiger partial charge in [-0.1, -0.05) is 18.7 Å². The molecule has 3 rings (SSSR count). The lowest BCUT2D eigenvalue weighted by Crippen LogP contribution is -2.16. The molecule has 0 saturated heterocycles. The van der Waals surface area contributed by atoms with Crippen molar-refractivity contribution in [2.24, 2.45) is 0 Å². The van der Waals surface area contributed by atoms with Gasteiger partial charge in [-0.2, -0.15) is 13.2 Å². The van der Waals surface area contributed by atoms with Gasteiger partial charge in [-0.25, -0.2) is 0 Å². The van der Waals surface area contributed by atoms with Crippen molar-refractivity contribution in [3.63, 3.8) is 0 Å². The number of hydrogen-bond acceptors (Lipinski definition) is 5. The van der Waals surface area contributed by atoms with Crippen molar-refractivity contribution in [2.75, 3.05) is 24.4 Å². The van der Waals surface area contributed by atoms with Crippen LogP contribution in [0.3, 0.4) is 0 Å². The van der Waals surface area contributed by atoms with Crippen LogP contribution < -0.4 is 20.1 Å². The number of furan rings is 1. The first-order chi connectivity index (χ1) is 16.7. The van der Waals surface area contributed by atoms with Gasteiger partial charge in [-0.15, -0.1) is 0 Å². The van der Waals surface area contributed by atoms with Crippen molar-refractivity contribution in [1.29, 1.82) is 0 Å². The quantitative estimate of drug-likeness (QED) is 0.296. The number of alkyl halides is 3. The van der Waals surface area contributed by atoms with E-state index < -0.39 is 29.2 Å². The highest BCUT2D eigenvalue weighted by atomic mass is 19.4. The Kier molecular flexibility index (Phi) is 7.98. The Labute approximate surface area is 198 Å². The Morgan fingerprint density at radius 3 is 2.54 bits per heavy atom. The van der Waals surface area contributed by atoms with Gasteiger partial charge in [0, 0.05) is 11.8 Å². The molecule has 0 fully saturated rings. The van der Waals surface area contributed by atoms with Crippen LogP contribution in [0.2, 0.25) is 0 Å². The van der Waals surface area contributed by atoms with Crippen molar-refractivity contribution >= 4 is 29.3 Å². The van der Waals surface area contributed by atoms with Crippen LogP contribution in [0.4, 0.5) is 24.5 Å². The van der Waals surface area contributed by atoms with Gasteiger partial charge in [0.1, 0.15) is 6.61 Å². The number of rotatable bonds is 9. The molecule has 0 radical (unpaired) electrons. The number of halogens is 3. The lowest BCUT2D eigenvalue weighted by Gasteiger charge is -2.15. The van der Waals surface area contributed by atoms with Crippen LogP contribution in [-0.4, -0.2) is 25.5 Å².